The van der Waals surface area contributed by atoms with Crippen LogP contribution in [0.15, 0.2) is 39.6 Å². The lowest BCUT2D eigenvalue weighted by atomic mass is 10.1. The minimum Gasteiger partial charge on any atom is -0.389 e. The highest BCUT2D eigenvalue weighted by atomic mass is 32.2. The van der Waals surface area contributed by atoms with E-state index >= 15 is 0 Å². The van der Waals surface area contributed by atoms with Crippen molar-refractivity contribution in [2.75, 3.05) is 12.3 Å². The van der Waals surface area contributed by atoms with Gasteiger partial charge in [0.2, 0.25) is 0 Å². The molecule has 1 N–H and O–H groups in total. The summed E-state index contributed by atoms with van der Waals surface area (Å²) in [6, 6.07) is 9.42. The second-order valence-electron chi connectivity index (χ2n) is 6.23. The first-order chi connectivity index (χ1) is 9.44. The van der Waals surface area contributed by atoms with E-state index in [2.05, 4.69) is 18.2 Å². The van der Waals surface area contributed by atoms with Crippen molar-refractivity contribution in [1.29, 1.82) is 0 Å². The third kappa shape index (κ3) is 3.83. The van der Waals surface area contributed by atoms with Crippen LogP contribution in [-0.4, -0.2) is 27.2 Å². The van der Waals surface area contributed by atoms with Gasteiger partial charge in [-0.05, 0) is 30.9 Å². The molecule has 1 saturated carbocycles. The Hall–Kier alpha value is -0.870. The summed E-state index contributed by atoms with van der Waals surface area (Å²) >= 11 is 0. The monoisotopic (exact) mass is 295 g/mol. The summed E-state index contributed by atoms with van der Waals surface area (Å²) in [6.45, 7) is 4.71. The van der Waals surface area contributed by atoms with Crippen LogP contribution in [0.4, 0.5) is 0 Å². The molecule has 0 heterocycles. The van der Waals surface area contributed by atoms with Crippen molar-refractivity contribution in [1.82, 2.24) is 0 Å². The first kappa shape index (κ1) is 15.5. The highest BCUT2D eigenvalue weighted by Crippen LogP contribution is 2.33. The van der Waals surface area contributed by atoms with Gasteiger partial charge in [-0.3, -0.25) is 0 Å². The predicted octanol–water partition coefficient (Wildman–Crippen LogP) is 3.47. The van der Waals surface area contributed by atoms with E-state index in [1.165, 1.54) is 0 Å². The van der Waals surface area contributed by atoms with Crippen molar-refractivity contribution in [3.05, 3.63) is 30.3 Å². The summed E-state index contributed by atoms with van der Waals surface area (Å²) in [7, 11) is -2.53. The van der Waals surface area contributed by atoms with Crippen molar-refractivity contribution in [3.63, 3.8) is 0 Å². The van der Waals surface area contributed by atoms with Crippen LogP contribution < -0.4 is 0 Å². The van der Waals surface area contributed by atoms with Gasteiger partial charge in [0, 0.05) is 4.90 Å². The number of nitrogens with zero attached hydrogens (tertiary/aromatic N) is 1. The van der Waals surface area contributed by atoms with Gasteiger partial charge in [-0.15, -0.1) is 0 Å². The van der Waals surface area contributed by atoms with E-state index in [4.69, 9.17) is 0 Å². The minimum absolute atomic E-state index is 0.275. The van der Waals surface area contributed by atoms with Crippen LogP contribution in [0.2, 0.25) is 0 Å². The van der Waals surface area contributed by atoms with Crippen LogP contribution in [0, 0.1) is 5.92 Å². The fourth-order valence-corrected chi connectivity index (χ4v) is 5.19. The molecule has 0 unspecified atom stereocenters. The number of rotatable bonds is 5. The Morgan fingerprint density at radius 3 is 2.40 bits per heavy atom. The Kier molecular flexibility index (Phi) is 4.86. The topological polar surface area (TPSA) is 49.7 Å². The Bertz CT molecular complexity index is 539. The van der Waals surface area contributed by atoms with Gasteiger partial charge in [-0.25, -0.2) is 8.57 Å². The molecule has 4 heteroatoms. The molecule has 20 heavy (non-hydrogen) atoms. The molecule has 0 aliphatic heterocycles. The van der Waals surface area contributed by atoms with Crippen molar-refractivity contribution >= 4 is 9.73 Å². The molecule has 112 valence electrons. The van der Waals surface area contributed by atoms with E-state index in [0.29, 0.717) is 12.5 Å². The quantitative estimate of drug-likeness (QED) is 0.904. The molecule has 1 aromatic carbocycles. The van der Waals surface area contributed by atoms with Crippen molar-refractivity contribution in [3.8, 4) is 0 Å². The molecule has 1 aliphatic rings. The molecular weight excluding hydrogens is 270 g/mol. The standard InChI is InChI=1S/C16H25NO2S/c1-14(2)12-17-20(19,15-8-4-3-5-9-15)13-16(18)10-6-7-11-16/h3-5,8-9,14,18H,6-7,10-13H2,1-2H3/t20-/m0/s1. The van der Waals surface area contributed by atoms with Gasteiger partial charge >= 0.3 is 0 Å². The van der Waals surface area contributed by atoms with Gasteiger partial charge in [0.1, 0.15) is 0 Å². The molecule has 1 atom stereocenters. The van der Waals surface area contributed by atoms with Crippen LogP contribution in [-0.2, 0) is 9.73 Å². The van der Waals surface area contributed by atoms with Crippen LogP contribution in [0.1, 0.15) is 39.5 Å². The number of hydrogen-bond donors (Lipinski definition) is 1. The number of aliphatic hydroxyl groups is 1. The van der Waals surface area contributed by atoms with Gasteiger partial charge in [0.25, 0.3) is 0 Å². The maximum atomic E-state index is 13.3. The smallest absolute Gasteiger partial charge is 0.0780 e. The number of hydrogen-bond acceptors (Lipinski definition) is 3. The molecule has 1 aliphatic carbocycles. The normalized spacial score (nSPS) is 20.8. The van der Waals surface area contributed by atoms with Crippen molar-refractivity contribution in [2.45, 2.75) is 50.0 Å². The molecule has 0 spiro atoms. The van der Waals surface area contributed by atoms with Crippen LogP contribution in [0.25, 0.3) is 0 Å². The Balaban J connectivity index is 2.34. The summed E-state index contributed by atoms with van der Waals surface area (Å²) in [5.74, 6) is 0.647. The van der Waals surface area contributed by atoms with E-state index in [9.17, 15) is 9.32 Å². The van der Waals surface area contributed by atoms with Gasteiger partial charge in [-0.1, -0.05) is 44.9 Å². The third-order valence-electron chi connectivity index (χ3n) is 3.76. The van der Waals surface area contributed by atoms with Crippen molar-refractivity contribution < 1.29 is 9.32 Å². The molecule has 0 amide bonds. The van der Waals surface area contributed by atoms with Gasteiger partial charge in [0.05, 0.1) is 27.6 Å². The first-order valence-corrected chi connectivity index (χ1v) is 9.10. The largest absolute Gasteiger partial charge is 0.389 e. The average Bonchev–Trinajstić information content (AvgIpc) is 2.84. The van der Waals surface area contributed by atoms with Gasteiger partial charge in [-0.2, -0.15) is 0 Å². The first-order valence-electron chi connectivity index (χ1n) is 7.42. The highest BCUT2D eigenvalue weighted by Gasteiger charge is 2.35. The average molecular weight is 295 g/mol. The lowest BCUT2D eigenvalue weighted by molar-refractivity contribution is 0.0720. The van der Waals surface area contributed by atoms with Gasteiger partial charge < -0.3 is 5.11 Å². The van der Waals surface area contributed by atoms with E-state index in [0.717, 1.165) is 30.6 Å². The predicted molar refractivity (Wildman–Crippen MR) is 83.3 cm³/mol. The fourth-order valence-electron chi connectivity index (χ4n) is 2.65. The van der Waals surface area contributed by atoms with Gasteiger partial charge in [0.15, 0.2) is 0 Å². The fraction of sp³-hybridized carbons (Fsp3) is 0.625. The molecular formula is C16H25NO2S. The zero-order valence-corrected chi connectivity index (χ0v) is 13.2. The zero-order valence-electron chi connectivity index (χ0n) is 12.4. The Morgan fingerprint density at radius 2 is 1.85 bits per heavy atom. The van der Waals surface area contributed by atoms with Crippen LogP contribution in [0.5, 0.6) is 0 Å². The van der Waals surface area contributed by atoms with Crippen molar-refractivity contribution in [2.24, 2.45) is 10.3 Å². The lowest BCUT2D eigenvalue weighted by Gasteiger charge is -2.24. The van der Waals surface area contributed by atoms with Crippen LogP contribution >= 0.6 is 0 Å². The summed E-state index contributed by atoms with van der Waals surface area (Å²) in [6.07, 6.45) is 3.53. The Labute approximate surface area is 122 Å². The molecule has 0 aromatic heterocycles. The highest BCUT2D eigenvalue weighted by molar-refractivity contribution is 7.93. The van der Waals surface area contributed by atoms with E-state index in [1.807, 2.05) is 30.3 Å². The second kappa shape index (κ2) is 6.27. The SMILES string of the molecule is CC(C)CN=[S@](=O)(CC1(O)CCCC1)c1ccccc1. The summed E-state index contributed by atoms with van der Waals surface area (Å²) in [5, 5.41) is 10.6. The second-order valence-corrected chi connectivity index (χ2v) is 8.53. The maximum absolute atomic E-state index is 13.3. The zero-order chi connectivity index (χ0) is 14.6. The molecule has 2 rings (SSSR count). The summed E-state index contributed by atoms with van der Waals surface area (Å²) < 4.78 is 17.8. The lowest BCUT2D eigenvalue weighted by Crippen LogP contribution is -2.34. The summed E-state index contributed by atoms with van der Waals surface area (Å²) in [4.78, 5) is 0.751. The van der Waals surface area contributed by atoms with E-state index in [-0.39, 0.29) is 5.75 Å². The number of benzene rings is 1. The third-order valence-corrected chi connectivity index (χ3v) is 6.26. The Morgan fingerprint density at radius 1 is 1.25 bits per heavy atom. The van der Waals surface area contributed by atoms with Crippen LogP contribution in [0.3, 0.4) is 0 Å². The summed E-state index contributed by atoms with van der Waals surface area (Å²) in [5.41, 5.74) is -0.798. The molecule has 1 fully saturated rings. The molecule has 0 bridgehead atoms. The molecule has 0 saturated heterocycles. The van der Waals surface area contributed by atoms with E-state index < -0.39 is 15.3 Å². The molecule has 3 nitrogen and oxygen atoms in total. The van der Waals surface area contributed by atoms with E-state index in [1.54, 1.807) is 0 Å². The molecule has 1 aromatic rings. The molecule has 0 radical (unpaired) electrons. The maximum Gasteiger partial charge on any atom is 0.0780 e. The minimum atomic E-state index is -2.53.